The first-order valence-corrected chi connectivity index (χ1v) is 8.49. The van der Waals surface area contributed by atoms with Crippen LogP contribution in [0.3, 0.4) is 0 Å². The van der Waals surface area contributed by atoms with E-state index in [2.05, 4.69) is 10.3 Å². The van der Waals surface area contributed by atoms with Crippen LogP contribution in [0.4, 0.5) is 9.18 Å². The van der Waals surface area contributed by atoms with Crippen molar-refractivity contribution >= 4 is 27.5 Å². The van der Waals surface area contributed by atoms with Gasteiger partial charge in [0.25, 0.3) is 0 Å². The quantitative estimate of drug-likeness (QED) is 0.765. The van der Waals surface area contributed by atoms with Gasteiger partial charge < -0.3 is 10.2 Å². The van der Waals surface area contributed by atoms with Gasteiger partial charge in [0.05, 0.1) is 6.54 Å². The summed E-state index contributed by atoms with van der Waals surface area (Å²) in [5.41, 5.74) is 1.15. The summed E-state index contributed by atoms with van der Waals surface area (Å²) in [6.45, 7) is 1.08. The molecule has 3 aromatic rings. The highest BCUT2D eigenvalue weighted by molar-refractivity contribution is 7.19. The summed E-state index contributed by atoms with van der Waals surface area (Å²) < 4.78 is 14.2. The summed E-state index contributed by atoms with van der Waals surface area (Å²) in [6.07, 6.45) is 4.29. The summed E-state index contributed by atoms with van der Waals surface area (Å²) in [6, 6.07) is 10.4. The molecule has 2 heterocycles. The van der Waals surface area contributed by atoms with Crippen molar-refractivity contribution < 1.29 is 9.18 Å². The van der Waals surface area contributed by atoms with Gasteiger partial charge in [-0.25, -0.2) is 9.18 Å². The minimum Gasteiger partial charge on any atom is -0.333 e. The number of likely N-dealkylation sites (N-methyl/N-ethyl adjacent to an activating group) is 1. The number of carbonyl (C=O) groups is 1. The molecule has 3 rings (SSSR count). The standard InChI is InChI=1S/C18H18FN3OS/c1-22(9-6-13-4-7-20-8-5-13)18(23)21-12-16-11-14-10-15(19)2-3-17(14)24-16/h2-5,7-8,10-11H,6,9,12H2,1H3,(H,21,23). The van der Waals surface area contributed by atoms with Gasteiger partial charge in [0.1, 0.15) is 5.82 Å². The molecule has 1 aromatic carbocycles. The summed E-state index contributed by atoms with van der Waals surface area (Å²) in [7, 11) is 1.77. The highest BCUT2D eigenvalue weighted by Crippen LogP contribution is 2.26. The van der Waals surface area contributed by atoms with Crippen LogP contribution >= 0.6 is 11.3 Å². The Morgan fingerprint density at radius 3 is 2.83 bits per heavy atom. The number of amides is 2. The van der Waals surface area contributed by atoms with Crippen molar-refractivity contribution in [3.05, 3.63) is 65.0 Å². The number of pyridine rings is 1. The van der Waals surface area contributed by atoms with Gasteiger partial charge in [-0.05, 0) is 53.8 Å². The number of rotatable bonds is 5. The number of halogens is 1. The minimum atomic E-state index is -0.244. The number of hydrogen-bond donors (Lipinski definition) is 1. The first-order valence-electron chi connectivity index (χ1n) is 7.67. The summed E-state index contributed by atoms with van der Waals surface area (Å²) in [5, 5.41) is 3.77. The minimum absolute atomic E-state index is 0.118. The van der Waals surface area contributed by atoms with Crippen molar-refractivity contribution in [1.82, 2.24) is 15.2 Å². The average molecular weight is 343 g/mol. The summed E-state index contributed by atoms with van der Waals surface area (Å²) >= 11 is 1.56. The van der Waals surface area contributed by atoms with Gasteiger partial charge in [0, 0.05) is 35.6 Å². The number of nitrogens with one attached hydrogen (secondary N) is 1. The van der Waals surface area contributed by atoms with Crippen molar-refractivity contribution in [2.75, 3.05) is 13.6 Å². The molecule has 0 radical (unpaired) electrons. The van der Waals surface area contributed by atoms with Crippen LogP contribution in [-0.4, -0.2) is 29.5 Å². The molecule has 0 unspecified atom stereocenters. The van der Waals surface area contributed by atoms with E-state index in [1.165, 1.54) is 12.1 Å². The zero-order valence-electron chi connectivity index (χ0n) is 13.3. The lowest BCUT2D eigenvalue weighted by Gasteiger charge is -2.17. The van der Waals surface area contributed by atoms with Crippen LogP contribution in [0, 0.1) is 5.82 Å². The van der Waals surface area contributed by atoms with Crippen LogP contribution in [0.1, 0.15) is 10.4 Å². The van der Waals surface area contributed by atoms with E-state index in [0.717, 1.165) is 26.9 Å². The molecule has 0 fully saturated rings. The average Bonchev–Trinajstić information content (AvgIpc) is 3.00. The second-order valence-corrected chi connectivity index (χ2v) is 6.75. The summed E-state index contributed by atoms with van der Waals surface area (Å²) in [5.74, 6) is -0.244. The molecule has 0 aliphatic heterocycles. The maximum atomic E-state index is 13.2. The Labute approximate surface area is 143 Å². The van der Waals surface area contributed by atoms with Crippen LogP contribution in [0.15, 0.2) is 48.8 Å². The number of aromatic nitrogens is 1. The monoisotopic (exact) mass is 343 g/mol. The molecule has 0 atom stereocenters. The zero-order valence-corrected chi connectivity index (χ0v) is 14.1. The zero-order chi connectivity index (χ0) is 16.9. The van der Waals surface area contributed by atoms with Crippen LogP contribution in [0.2, 0.25) is 0 Å². The van der Waals surface area contributed by atoms with Crippen LogP contribution in [0.5, 0.6) is 0 Å². The van der Waals surface area contributed by atoms with Gasteiger partial charge >= 0.3 is 6.03 Å². The van der Waals surface area contributed by atoms with Gasteiger partial charge in [-0.3, -0.25) is 4.98 Å². The number of urea groups is 1. The number of hydrogen-bond acceptors (Lipinski definition) is 3. The third-order valence-electron chi connectivity index (χ3n) is 3.78. The smallest absolute Gasteiger partial charge is 0.317 e. The Kier molecular flexibility index (Phi) is 5.05. The van der Waals surface area contributed by atoms with E-state index in [1.807, 2.05) is 18.2 Å². The molecule has 1 N–H and O–H groups in total. The van der Waals surface area contributed by atoms with E-state index < -0.39 is 0 Å². The molecule has 0 saturated carbocycles. The van der Waals surface area contributed by atoms with Crippen molar-refractivity contribution in [2.24, 2.45) is 0 Å². The lowest BCUT2D eigenvalue weighted by molar-refractivity contribution is 0.209. The molecule has 0 aliphatic carbocycles. The van der Waals surface area contributed by atoms with E-state index in [-0.39, 0.29) is 11.8 Å². The molecule has 2 amide bonds. The van der Waals surface area contributed by atoms with Crippen molar-refractivity contribution in [3.8, 4) is 0 Å². The topological polar surface area (TPSA) is 45.2 Å². The largest absolute Gasteiger partial charge is 0.333 e. The first kappa shape index (κ1) is 16.4. The fourth-order valence-corrected chi connectivity index (χ4v) is 3.39. The highest BCUT2D eigenvalue weighted by atomic mass is 32.1. The molecule has 124 valence electrons. The van der Waals surface area contributed by atoms with E-state index in [9.17, 15) is 9.18 Å². The van der Waals surface area contributed by atoms with Crippen molar-refractivity contribution in [1.29, 1.82) is 0 Å². The Bertz CT molecular complexity index is 835. The molecule has 0 aliphatic rings. The highest BCUT2D eigenvalue weighted by Gasteiger charge is 2.09. The maximum absolute atomic E-state index is 13.2. The first-order chi connectivity index (χ1) is 11.6. The number of carbonyl (C=O) groups excluding carboxylic acids is 1. The van der Waals surface area contributed by atoms with Gasteiger partial charge in [-0.1, -0.05) is 0 Å². The number of nitrogens with zero attached hydrogens (tertiary/aromatic N) is 2. The Balaban J connectivity index is 1.52. The molecule has 4 nitrogen and oxygen atoms in total. The number of benzene rings is 1. The van der Waals surface area contributed by atoms with Gasteiger partial charge in [0.2, 0.25) is 0 Å². The van der Waals surface area contributed by atoms with Gasteiger partial charge in [-0.15, -0.1) is 11.3 Å². The molecule has 0 spiro atoms. The van der Waals surface area contributed by atoms with E-state index in [1.54, 1.807) is 41.7 Å². The lowest BCUT2D eigenvalue weighted by Crippen LogP contribution is -2.37. The Hall–Kier alpha value is -2.47. The van der Waals surface area contributed by atoms with Crippen molar-refractivity contribution in [3.63, 3.8) is 0 Å². The maximum Gasteiger partial charge on any atom is 0.317 e. The van der Waals surface area contributed by atoms with E-state index in [0.29, 0.717) is 13.1 Å². The van der Waals surface area contributed by atoms with Crippen LogP contribution < -0.4 is 5.32 Å². The van der Waals surface area contributed by atoms with E-state index in [4.69, 9.17) is 0 Å². The molecule has 6 heteroatoms. The number of thiophene rings is 1. The van der Waals surface area contributed by atoms with E-state index >= 15 is 0 Å². The molecule has 2 aromatic heterocycles. The molecule has 0 bridgehead atoms. The predicted octanol–water partition coefficient (Wildman–Crippen LogP) is 3.82. The summed E-state index contributed by atoms with van der Waals surface area (Å²) in [4.78, 5) is 18.8. The SMILES string of the molecule is CN(CCc1ccncc1)C(=O)NCc1cc2cc(F)ccc2s1. The van der Waals surface area contributed by atoms with Crippen LogP contribution in [-0.2, 0) is 13.0 Å². The fraction of sp³-hybridized carbons (Fsp3) is 0.222. The second kappa shape index (κ2) is 7.40. The van der Waals surface area contributed by atoms with Gasteiger partial charge in [0.15, 0.2) is 0 Å². The molecular weight excluding hydrogens is 325 g/mol. The lowest BCUT2D eigenvalue weighted by atomic mass is 10.2. The van der Waals surface area contributed by atoms with Crippen molar-refractivity contribution in [2.45, 2.75) is 13.0 Å². The predicted molar refractivity (Wildman–Crippen MR) is 94.6 cm³/mol. The Morgan fingerprint density at radius 1 is 1.25 bits per heavy atom. The second-order valence-electron chi connectivity index (χ2n) is 5.58. The molecular formula is C18H18FN3OS. The van der Waals surface area contributed by atoms with Crippen LogP contribution in [0.25, 0.3) is 10.1 Å². The fourth-order valence-electron chi connectivity index (χ4n) is 2.40. The number of fused-ring (bicyclic) bond motifs is 1. The third-order valence-corrected chi connectivity index (χ3v) is 4.89. The molecule has 24 heavy (non-hydrogen) atoms. The third kappa shape index (κ3) is 4.08. The normalized spacial score (nSPS) is 10.8. The Morgan fingerprint density at radius 2 is 2.04 bits per heavy atom. The molecule has 0 saturated heterocycles. The van der Waals surface area contributed by atoms with Gasteiger partial charge in [-0.2, -0.15) is 0 Å².